The lowest BCUT2D eigenvalue weighted by molar-refractivity contribution is -0.124. The predicted octanol–water partition coefficient (Wildman–Crippen LogP) is 4.59. The number of nitrogens with zero attached hydrogens (tertiary/aromatic N) is 2. The summed E-state index contributed by atoms with van der Waals surface area (Å²) in [6, 6.07) is 18.0. The van der Waals surface area contributed by atoms with Gasteiger partial charge in [0.05, 0.1) is 31.4 Å². The van der Waals surface area contributed by atoms with Crippen molar-refractivity contribution in [2.24, 2.45) is 0 Å². The summed E-state index contributed by atoms with van der Waals surface area (Å²) in [5, 5.41) is 4.38. The van der Waals surface area contributed by atoms with Crippen molar-refractivity contribution in [2.75, 3.05) is 23.9 Å². The van der Waals surface area contributed by atoms with Gasteiger partial charge in [-0.25, -0.2) is 9.80 Å². The Morgan fingerprint density at radius 3 is 2.37 bits per heavy atom. The highest BCUT2D eigenvalue weighted by molar-refractivity contribution is 7.80. The van der Waals surface area contributed by atoms with Crippen molar-refractivity contribution in [2.45, 2.75) is 25.8 Å². The molecule has 1 fully saturated rings. The van der Waals surface area contributed by atoms with Crippen molar-refractivity contribution in [3.05, 3.63) is 88.9 Å². The van der Waals surface area contributed by atoms with Crippen LogP contribution in [0.4, 0.5) is 11.4 Å². The summed E-state index contributed by atoms with van der Waals surface area (Å²) in [7, 11) is 1.48. The number of thiocarbonyl (C=S) groups is 1. The second-order valence-electron chi connectivity index (χ2n) is 8.96. The number of hydrogen-bond acceptors (Lipinski definition) is 7. The molecule has 12 heteroatoms. The number of hydrogen-bond donors (Lipinski definition) is 2. The van der Waals surface area contributed by atoms with Gasteiger partial charge in [-0.3, -0.25) is 24.7 Å². The third kappa shape index (κ3) is 7.00. The first-order valence-corrected chi connectivity index (χ1v) is 13.4. The molecule has 1 heterocycles. The van der Waals surface area contributed by atoms with E-state index in [0.717, 1.165) is 0 Å². The molecule has 0 spiro atoms. The quantitative estimate of drug-likeness (QED) is 0.259. The van der Waals surface area contributed by atoms with Gasteiger partial charge in [0.25, 0.3) is 11.8 Å². The molecule has 10 nitrogen and oxygen atoms in total. The Balaban J connectivity index is 1.53. The van der Waals surface area contributed by atoms with Crippen LogP contribution in [0.5, 0.6) is 5.75 Å². The zero-order chi connectivity index (χ0) is 29.5. The highest BCUT2D eigenvalue weighted by Crippen LogP contribution is 2.28. The van der Waals surface area contributed by atoms with Crippen molar-refractivity contribution < 1.29 is 28.7 Å². The Hall–Kier alpha value is -4.48. The Bertz CT molecular complexity index is 1460. The van der Waals surface area contributed by atoms with Crippen LogP contribution in [0.3, 0.4) is 0 Å². The first-order chi connectivity index (χ1) is 19.7. The Morgan fingerprint density at radius 2 is 1.71 bits per heavy atom. The van der Waals surface area contributed by atoms with E-state index in [2.05, 4.69) is 10.7 Å². The van der Waals surface area contributed by atoms with E-state index < -0.39 is 29.7 Å². The molecule has 1 atom stereocenters. The number of amides is 3. The average Bonchev–Trinajstić information content (AvgIpc) is 3.20. The molecular formula is C29H27ClN4O6S. The van der Waals surface area contributed by atoms with Crippen LogP contribution < -0.4 is 20.4 Å². The van der Waals surface area contributed by atoms with E-state index in [1.54, 1.807) is 54.6 Å². The minimum atomic E-state index is -1.14. The molecule has 3 aromatic carbocycles. The fraction of sp³-hybridized carbons (Fsp3) is 0.207. The molecule has 1 aliphatic rings. The van der Waals surface area contributed by atoms with Crippen LogP contribution >= 0.6 is 23.8 Å². The Morgan fingerprint density at radius 1 is 1.00 bits per heavy atom. The van der Waals surface area contributed by atoms with E-state index in [-0.39, 0.29) is 17.1 Å². The van der Waals surface area contributed by atoms with Crippen molar-refractivity contribution in [1.82, 2.24) is 10.4 Å². The lowest BCUT2D eigenvalue weighted by Gasteiger charge is -2.24. The molecule has 2 N–H and O–H groups in total. The third-order valence-electron chi connectivity index (χ3n) is 6.07. The molecule has 0 aliphatic carbocycles. The number of nitrogens with one attached hydrogen (secondary N) is 2. The summed E-state index contributed by atoms with van der Waals surface area (Å²) in [6.45, 7) is 2.21. The third-order valence-corrected chi connectivity index (χ3v) is 6.70. The molecule has 41 heavy (non-hydrogen) atoms. The zero-order valence-corrected chi connectivity index (χ0v) is 23.8. The molecule has 0 radical (unpaired) electrons. The number of benzene rings is 3. The molecule has 3 amide bonds. The van der Waals surface area contributed by atoms with Crippen LogP contribution in [-0.4, -0.2) is 53.6 Å². The maximum absolute atomic E-state index is 13.6. The molecule has 0 saturated carbocycles. The van der Waals surface area contributed by atoms with Crippen LogP contribution in [0, 0.1) is 0 Å². The van der Waals surface area contributed by atoms with Gasteiger partial charge in [-0.2, -0.15) is 0 Å². The molecule has 3 aromatic rings. The highest BCUT2D eigenvalue weighted by atomic mass is 35.5. The van der Waals surface area contributed by atoms with Crippen molar-refractivity contribution in [1.29, 1.82) is 0 Å². The van der Waals surface area contributed by atoms with E-state index >= 15 is 0 Å². The first-order valence-electron chi connectivity index (χ1n) is 12.7. The SMILES string of the molecule is CCCOC(=O)c1ccc(NC(=O)C[C@@H]2C(=O)N(c3ccc(Cl)cc3)C(=S)N2NC(=O)c2cccc(OC)c2)cc1. The van der Waals surface area contributed by atoms with Gasteiger partial charge in [-0.05, 0) is 85.4 Å². The summed E-state index contributed by atoms with van der Waals surface area (Å²) < 4.78 is 10.3. The van der Waals surface area contributed by atoms with Gasteiger partial charge in [-0.15, -0.1) is 0 Å². The number of anilines is 2. The van der Waals surface area contributed by atoms with Gasteiger partial charge in [0.15, 0.2) is 0 Å². The first kappa shape index (κ1) is 29.5. The summed E-state index contributed by atoms with van der Waals surface area (Å²) in [5.41, 5.74) is 4.13. The fourth-order valence-electron chi connectivity index (χ4n) is 4.02. The van der Waals surface area contributed by atoms with Crippen LogP contribution in [0.25, 0.3) is 0 Å². The molecular weight excluding hydrogens is 568 g/mol. The van der Waals surface area contributed by atoms with E-state index in [1.165, 1.54) is 35.2 Å². The molecule has 0 bridgehead atoms. The van der Waals surface area contributed by atoms with E-state index in [9.17, 15) is 19.2 Å². The molecule has 212 valence electrons. The molecule has 0 unspecified atom stereocenters. The number of esters is 1. The van der Waals surface area contributed by atoms with E-state index in [1.807, 2.05) is 6.92 Å². The number of methoxy groups -OCH3 is 1. The zero-order valence-electron chi connectivity index (χ0n) is 22.3. The number of carbonyl (C=O) groups is 4. The van der Waals surface area contributed by atoms with E-state index in [4.69, 9.17) is 33.3 Å². The predicted molar refractivity (Wildman–Crippen MR) is 158 cm³/mol. The summed E-state index contributed by atoms with van der Waals surface area (Å²) >= 11 is 11.6. The number of hydrazine groups is 1. The fourth-order valence-corrected chi connectivity index (χ4v) is 4.51. The minimum Gasteiger partial charge on any atom is -0.497 e. The van der Waals surface area contributed by atoms with Gasteiger partial charge >= 0.3 is 5.97 Å². The van der Waals surface area contributed by atoms with Crippen LogP contribution in [0.1, 0.15) is 40.5 Å². The van der Waals surface area contributed by atoms with Crippen molar-refractivity contribution >= 4 is 64.0 Å². The average molecular weight is 595 g/mol. The van der Waals surface area contributed by atoms with Crippen molar-refractivity contribution in [3.63, 3.8) is 0 Å². The normalized spacial score (nSPS) is 14.6. The van der Waals surface area contributed by atoms with E-state index in [0.29, 0.717) is 40.7 Å². The number of carbonyl (C=O) groups excluding carboxylic acids is 4. The number of ether oxygens (including phenoxy) is 2. The molecule has 4 rings (SSSR count). The molecule has 1 saturated heterocycles. The molecule has 1 aliphatic heterocycles. The Labute approximate surface area is 247 Å². The monoisotopic (exact) mass is 594 g/mol. The maximum Gasteiger partial charge on any atom is 0.338 e. The van der Waals surface area contributed by atoms with Gasteiger partial charge in [-0.1, -0.05) is 24.6 Å². The summed E-state index contributed by atoms with van der Waals surface area (Å²) in [5.74, 6) is -1.55. The standard InChI is InChI=1S/C29H27ClN4O6S/c1-3-15-40-28(38)18-7-11-21(12-8-18)31-25(35)17-24-27(37)33(22-13-9-20(30)10-14-22)29(41)34(24)32-26(36)19-5-4-6-23(16-19)39-2/h4-14,16,24H,3,15,17H2,1-2H3,(H,31,35)(H,32,36)/t24-/m1/s1. The van der Waals surface area contributed by atoms with Gasteiger partial charge in [0.1, 0.15) is 11.8 Å². The number of halogens is 1. The van der Waals surface area contributed by atoms with Crippen LogP contribution in [0.2, 0.25) is 5.02 Å². The van der Waals surface area contributed by atoms with Gasteiger partial charge in [0.2, 0.25) is 11.0 Å². The maximum atomic E-state index is 13.6. The number of rotatable bonds is 10. The summed E-state index contributed by atoms with van der Waals surface area (Å²) in [6.07, 6.45) is 0.372. The second-order valence-corrected chi connectivity index (χ2v) is 9.76. The topological polar surface area (TPSA) is 117 Å². The Kier molecular flexibility index (Phi) is 9.53. The van der Waals surface area contributed by atoms with Crippen molar-refractivity contribution in [3.8, 4) is 5.75 Å². The lowest BCUT2D eigenvalue weighted by Crippen LogP contribution is -2.49. The van der Waals surface area contributed by atoms with Crippen LogP contribution in [0.15, 0.2) is 72.8 Å². The largest absolute Gasteiger partial charge is 0.497 e. The second kappa shape index (κ2) is 13.2. The summed E-state index contributed by atoms with van der Waals surface area (Å²) in [4.78, 5) is 53.1. The van der Waals surface area contributed by atoms with Crippen LogP contribution in [-0.2, 0) is 14.3 Å². The molecule has 0 aromatic heterocycles. The minimum absolute atomic E-state index is 0.0127. The van der Waals surface area contributed by atoms with Gasteiger partial charge in [0, 0.05) is 16.3 Å². The van der Waals surface area contributed by atoms with Gasteiger partial charge < -0.3 is 14.8 Å². The lowest BCUT2D eigenvalue weighted by atomic mass is 10.1. The highest BCUT2D eigenvalue weighted by Gasteiger charge is 2.45. The smallest absolute Gasteiger partial charge is 0.338 e.